The van der Waals surface area contributed by atoms with Crippen LogP contribution in [0.2, 0.25) is 5.02 Å². The maximum atomic E-state index is 12.4. The van der Waals surface area contributed by atoms with E-state index < -0.39 is 0 Å². The fraction of sp³-hybridized carbons (Fsp3) is 0.579. The third-order valence-electron chi connectivity index (χ3n) is 3.97. The number of amides is 1. The number of aryl methyl sites for hydroxylation is 1. The van der Waals surface area contributed by atoms with Gasteiger partial charge in [0.2, 0.25) is 5.91 Å². The Kier molecular flexibility index (Phi) is 10.2. The van der Waals surface area contributed by atoms with Crippen molar-refractivity contribution in [1.29, 1.82) is 0 Å². The molecule has 0 aliphatic carbocycles. The minimum absolute atomic E-state index is 0.115. The molecule has 1 aromatic carbocycles. The van der Waals surface area contributed by atoms with Gasteiger partial charge >= 0.3 is 5.97 Å². The van der Waals surface area contributed by atoms with E-state index in [1.165, 1.54) is 12.7 Å². The molecule has 0 spiro atoms. The summed E-state index contributed by atoms with van der Waals surface area (Å²) in [6.07, 6.45) is 5.57. The average molecular weight is 354 g/mol. The first-order valence-corrected chi connectivity index (χ1v) is 9.03. The zero-order valence-electron chi connectivity index (χ0n) is 14.7. The van der Waals surface area contributed by atoms with Crippen molar-refractivity contribution < 1.29 is 14.3 Å². The molecule has 0 atom stereocenters. The zero-order valence-corrected chi connectivity index (χ0v) is 15.5. The number of ether oxygens (including phenoxy) is 1. The monoisotopic (exact) mass is 353 g/mol. The molecule has 5 heteroatoms. The van der Waals surface area contributed by atoms with Gasteiger partial charge in [-0.05, 0) is 37.0 Å². The summed E-state index contributed by atoms with van der Waals surface area (Å²) in [4.78, 5) is 25.6. The molecule has 0 radical (unpaired) electrons. The Hall–Kier alpha value is -1.55. The van der Waals surface area contributed by atoms with Crippen molar-refractivity contribution in [3.8, 4) is 0 Å². The maximum absolute atomic E-state index is 12.4. The Morgan fingerprint density at radius 2 is 1.75 bits per heavy atom. The number of unbranched alkanes of at least 4 members (excludes halogenated alkanes) is 2. The largest absolute Gasteiger partial charge is 0.469 e. The van der Waals surface area contributed by atoms with E-state index in [1.807, 2.05) is 24.3 Å². The molecule has 134 valence electrons. The van der Waals surface area contributed by atoms with Gasteiger partial charge in [0.15, 0.2) is 0 Å². The SMILES string of the molecule is CCCCCN(CCC(=O)OC)C(=O)CCCc1ccc(Cl)cc1. The van der Waals surface area contributed by atoms with Gasteiger partial charge in [-0.1, -0.05) is 43.5 Å². The third kappa shape index (κ3) is 8.34. The number of benzene rings is 1. The van der Waals surface area contributed by atoms with Gasteiger partial charge in [-0.25, -0.2) is 0 Å². The van der Waals surface area contributed by atoms with Crippen LogP contribution in [0, 0.1) is 0 Å². The number of carbonyl (C=O) groups excluding carboxylic acids is 2. The molecule has 0 bridgehead atoms. The Bertz CT molecular complexity index is 502. The molecule has 0 aliphatic rings. The number of nitrogens with zero attached hydrogens (tertiary/aromatic N) is 1. The van der Waals surface area contributed by atoms with Gasteiger partial charge in [-0.2, -0.15) is 0 Å². The fourth-order valence-corrected chi connectivity index (χ4v) is 2.62. The Morgan fingerprint density at radius 3 is 2.38 bits per heavy atom. The van der Waals surface area contributed by atoms with E-state index in [4.69, 9.17) is 11.6 Å². The van der Waals surface area contributed by atoms with Crippen LogP contribution in [0.1, 0.15) is 51.0 Å². The summed E-state index contributed by atoms with van der Waals surface area (Å²) in [6.45, 7) is 3.29. The van der Waals surface area contributed by atoms with E-state index >= 15 is 0 Å². The van der Waals surface area contributed by atoms with Gasteiger partial charge in [0.1, 0.15) is 0 Å². The lowest BCUT2D eigenvalue weighted by Crippen LogP contribution is -2.34. The summed E-state index contributed by atoms with van der Waals surface area (Å²) < 4.78 is 4.67. The molecule has 0 saturated heterocycles. The molecule has 1 rings (SSSR count). The second-order valence-electron chi connectivity index (χ2n) is 5.89. The highest BCUT2D eigenvalue weighted by Crippen LogP contribution is 2.12. The smallest absolute Gasteiger partial charge is 0.307 e. The van der Waals surface area contributed by atoms with Gasteiger partial charge in [-0.15, -0.1) is 0 Å². The van der Waals surface area contributed by atoms with Crippen LogP contribution in [0.15, 0.2) is 24.3 Å². The van der Waals surface area contributed by atoms with Crippen LogP contribution in [0.25, 0.3) is 0 Å². The highest BCUT2D eigenvalue weighted by atomic mass is 35.5. The zero-order chi connectivity index (χ0) is 17.8. The first-order chi connectivity index (χ1) is 11.6. The highest BCUT2D eigenvalue weighted by molar-refractivity contribution is 6.30. The van der Waals surface area contributed by atoms with Crippen LogP contribution >= 0.6 is 11.6 Å². The van der Waals surface area contributed by atoms with Gasteiger partial charge < -0.3 is 9.64 Å². The number of carbonyl (C=O) groups is 2. The topological polar surface area (TPSA) is 46.6 Å². The second kappa shape index (κ2) is 11.9. The Labute approximate surface area is 150 Å². The number of rotatable bonds is 11. The Morgan fingerprint density at radius 1 is 1.04 bits per heavy atom. The number of esters is 1. The van der Waals surface area contributed by atoms with Crippen molar-refractivity contribution in [3.63, 3.8) is 0 Å². The summed E-state index contributed by atoms with van der Waals surface area (Å²) in [5.41, 5.74) is 1.18. The Balaban J connectivity index is 2.43. The van der Waals surface area contributed by atoms with Crippen molar-refractivity contribution in [2.45, 2.75) is 51.9 Å². The van der Waals surface area contributed by atoms with E-state index in [0.717, 1.165) is 37.1 Å². The molecule has 0 N–H and O–H groups in total. The molecule has 0 aromatic heterocycles. The predicted octanol–water partition coefficient (Wildman–Crippen LogP) is 4.24. The lowest BCUT2D eigenvalue weighted by atomic mass is 10.1. The van der Waals surface area contributed by atoms with E-state index in [2.05, 4.69) is 11.7 Å². The summed E-state index contributed by atoms with van der Waals surface area (Å²) in [5.74, 6) is -0.159. The summed E-state index contributed by atoms with van der Waals surface area (Å²) in [6, 6.07) is 7.71. The highest BCUT2D eigenvalue weighted by Gasteiger charge is 2.14. The molecule has 0 unspecified atom stereocenters. The van der Waals surface area contributed by atoms with Crippen LogP contribution in [0.4, 0.5) is 0 Å². The van der Waals surface area contributed by atoms with E-state index in [0.29, 0.717) is 19.5 Å². The number of methoxy groups -OCH3 is 1. The molecule has 24 heavy (non-hydrogen) atoms. The molecule has 4 nitrogen and oxygen atoms in total. The maximum Gasteiger partial charge on any atom is 0.307 e. The second-order valence-corrected chi connectivity index (χ2v) is 6.33. The lowest BCUT2D eigenvalue weighted by molar-refractivity contribution is -0.141. The standard InChI is InChI=1S/C19H28ClNO3/c1-3-4-5-14-21(15-13-19(23)24-2)18(22)8-6-7-16-9-11-17(20)12-10-16/h9-12H,3-8,13-15H2,1-2H3. The average Bonchev–Trinajstić information content (AvgIpc) is 2.59. The predicted molar refractivity (Wildman–Crippen MR) is 97.1 cm³/mol. The summed E-state index contributed by atoms with van der Waals surface area (Å²) >= 11 is 5.87. The third-order valence-corrected chi connectivity index (χ3v) is 4.22. The molecule has 1 aromatic rings. The van der Waals surface area contributed by atoms with Crippen molar-refractivity contribution in [2.24, 2.45) is 0 Å². The molecule has 0 fully saturated rings. The molecule has 0 saturated carbocycles. The van der Waals surface area contributed by atoms with Crippen LogP contribution in [0.3, 0.4) is 0 Å². The summed E-state index contributed by atoms with van der Waals surface area (Å²) in [7, 11) is 1.37. The normalized spacial score (nSPS) is 10.5. The van der Waals surface area contributed by atoms with Gasteiger partial charge in [0, 0.05) is 24.5 Å². The quantitative estimate of drug-likeness (QED) is 0.441. The van der Waals surface area contributed by atoms with E-state index in [1.54, 1.807) is 4.90 Å². The molecule has 1 amide bonds. The van der Waals surface area contributed by atoms with Crippen molar-refractivity contribution in [1.82, 2.24) is 4.90 Å². The molecule has 0 heterocycles. The minimum Gasteiger partial charge on any atom is -0.469 e. The number of hydrogen-bond donors (Lipinski definition) is 0. The minimum atomic E-state index is -0.274. The lowest BCUT2D eigenvalue weighted by Gasteiger charge is -2.22. The number of halogens is 1. The molecular formula is C19H28ClNO3. The first-order valence-electron chi connectivity index (χ1n) is 8.65. The van der Waals surface area contributed by atoms with Crippen LogP contribution in [-0.2, 0) is 20.7 Å². The van der Waals surface area contributed by atoms with Crippen molar-refractivity contribution in [3.05, 3.63) is 34.9 Å². The van der Waals surface area contributed by atoms with Gasteiger partial charge in [-0.3, -0.25) is 9.59 Å². The van der Waals surface area contributed by atoms with Gasteiger partial charge in [0.25, 0.3) is 0 Å². The van der Waals surface area contributed by atoms with Crippen LogP contribution < -0.4 is 0 Å². The van der Waals surface area contributed by atoms with Gasteiger partial charge in [0.05, 0.1) is 13.5 Å². The van der Waals surface area contributed by atoms with E-state index in [9.17, 15) is 9.59 Å². The number of hydrogen-bond acceptors (Lipinski definition) is 3. The van der Waals surface area contributed by atoms with E-state index in [-0.39, 0.29) is 18.3 Å². The van der Waals surface area contributed by atoms with Crippen LogP contribution in [-0.4, -0.2) is 37.0 Å². The molecular weight excluding hydrogens is 326 g/mol. The van der Waals surface area contributed by atoms with Crippen molar-refractivity contribution in [2.75, 3.05) is 20.2 Å². The summed E-state index contributed by atoms with van der Waals surface area (Å²) in [5, 5.41) is 0.722. The fourth-order valence-electron chi connectivity index (χ4n) is 2.50. The molecule has 0 aliphatic heterocycles. The van der Waals surface area contributed by atoms with Crippen LogP contribution in [0.5, 0.6) is 0 Å². The van der Waals surface area contributed by atoms with Crippen molar-refractivity contribution >= 4 is 23.5 Å². The first kappa shape index (κ1) is 20.5.